The summed E-state index contributed by atoms with van der Waals surface area (Å²) in [6, 6.07) is 5.78. The molecular formula is C15H15BrN4O7S. The number of nitrogens with zero attached hydrogens (tertiary/aromatic N) is 2. The van der Waals surface area contributed by atoms with Crippen LogP contribution < -0.4 is 19.0 Å². The number of carbonyl (C=O) groups excluding carboxylic acids is 2. The van der Waals surface area contributed by atoms with E-state index in [0.29, 0.717) is 4.60 Å². The molecule has 1 heterocycles. The summed E-state index contributed by atoms with van der Waals surface area (Å²) in [5, 5.41) is 2.12. The highest BCUT2D eigenvalue weighted by Crippen LogP contribution is 2.20. The summed E-state index contributed by atoms with van der Waals surface area (Å²) < 4.78 is 40.7. The van der Waals surface area contributed by atoms with Gasteiger partial charge in [0.25, 0.3) is 0 Å². The van der Waals surface area contributed by atoms with Crippen LogP contribution in [-0.4, -0.2) is 44.1 Å². The molecule has 11 nitrogen and oxygen atoms in total. The van der Waals surface area contributed by atoms with Gasteiger partial charge in [0, 0.05) is 6.07 Å². The topological polar surface area (TPSA) is 146 Å². The van der Waals surface area contributed by atoms with E-state index < -0.39 is 22.3 Å². The van der Waals surface area contributed by atoms with Crippen LogP contribution in [0.5, 0.6) is 11.6 Å². The first-order valence-electron chi connectivity index (χ1n) is 7.62. The molecule has 28 heavy (non-hydrogen) atoms. The second kappa shape index (κ2) is 9.32. The normalized spacial score (nSPS) is 10.7. The van der Waals surface area contributed by atoms with Crippen molar-refractivity contribution in [1.29, 1.82) is 0 Å². The van der Waals surface area contributed by atoms with E-state index in [1.807, 2.05) is 0 Å². The molecule has 1 aromatic carbocycles. The fourth-order valence-electron chi connectivity index (χ4n) is 1.85. The first-order valence-corrected chi connectivity index (χ1v) is 9.82. The number of amides is 2. The highest BCUT2D eigenvalue weighted by atomic mass is 79.9. The Bertz CT molecular complexity index is 984. The molecule has 150 valence electrons. The van der Waals surface area contributed by atoms with Gasteiger partial charge in [0.15, 0.2) is 5.75 Å². The molecule has 0 aliphatic rings. The summed E-state index contributed by atoms with van der Waals surface area (Å²) in [6.45, 7) is 1.69. The SMILES string of the molecule is CCOC(=O)c1ccccc1OS(=O)(=O)NC(=O)Nc1nc(Br)cc(OC)n1. The van der Waals surface area contributed by atoms with E-state index in [0.717, 1.165) is 0 Å². The molecule has 0 unspecified atom stereocenters. The van der Waals surface area contributed by atoms with Gasteiger partial charge < -0.3 is 13.7 Å². The largest absolute Gasteiger partial charge is 0.481 e. The lowest BCUT2D eigenvalue weighted by atomic mass is 10.2. The highest BCUT2D eigenvalue weighted by molar-refractivity contribution is 9.10. The number of urea groups is 1. The van der Waals surface area contributed by atoms with Gasteiger partial charge in [-0.3, -0.25) is 5.32 Å². The van der Waals surface area contributed by atoms with Gasteiger partial charge in [-0.15, -0.1) is 0 Å². The monoisotopic (exact) mass is 474 g/mol. The maximum Gasteiger partial charge on any atom is 0.411 e. The van der Waals surface area contributed by atoms with E-state index >= 15 is 0 Å². The Morgan fingerprint density at radius 2 is 1.93 bits per heavy atom. The van der Waals surface area contributed by atoms with Crippen molar-refractivity contribution in [3.63, 3.8) is 0 Å². The number of para-hydroxylation sites is 1. The number of rotatable bonds is 7. The zero-order chi connectivity index (χ0) is 20.7. The number of esters is 1. The number of aromatic nitrogens is 2. The molecule has 0 bridgehead atoms. The zero-order valence-electron chi connectivity index (χ0n) is 14.6. The van der Waals surface area contributed by atoms with Crippen molar-refractivity contribution in [2.24, 2.45) is 0 Å². The van der Waals surface area contributed by atoms with Gasteiger partial charge >= 0.3 is 22.3 Å². The lowest BCUT2D eigenvalue weighted by molar-refractivity contribution is 0.0524. The van der Waals surface area contributed by atoms with Gasteiger partial charge in [0.2, 0.25) is 11.8 Å². The molecule has 0 atom stereocenters. The fourth-order valence-corrected chi connectivity index (χ4v) is 2.92. The molecule has 0 fully saturated rings. The van der Waals surface area contributed by atoms with E-state index in [1.165, 1.54) is 37.4 Å². The molecule has 2 amide bonds. The van der Waals surface area contributed by atoms with E-state index in [1.54, 1.807) is 11.6 Å². The van der Waals surface area contributed by atoms with Crippen molar-refractivity contribution in [2.45, 2.75) is 6.92 Å². The third kappa shape index (κ3) is 6.06. The van der Waals surface area contributed by atoms with Gasteiger partial charge in [-0.2, -0.15) is 13.4 Å². The number of ether oxygens (including phenoxy) is 2. The van der Waals surface area contributed by atoms with Crippen LogP contribution in [0.15, 0.2) is 34.9 Å². The quantitative estimate of drug-likeness (QED) is 0.453. The van der Waals surface area contributed by atoms with E-state index in [4.69, 9.17) is 13.7 Å². The Balaban J connectivity index is 2.11. The predicted molar refractivity (Wildman–Crippen MR) is 100 cm³/mol. The van der Waals surface area contributed by atoms with Crippen LogP contribution in [0.3, 0.4) is 0 Å². The fraction of sp³-hybridized carbons (Fsp3) is 0.200. The average molecular weight is 475 g/mol. The van der Waals surface area contributed by atoms with E-state index in [2.05, 4.69) is 31.2 Å². The molecule has 2 aromatic rings. The van der Waals surface area contributed by atoms with Crippen LogP contribution in [0, 0.1) is 0 Å². The molecule has 0 saturated heterocycles. The Labute approximate surface area is 168 Å². The van der Waals surface area contributed by atoms with Crippen LogP contribution in [-0.2, 0) is 15.0 Å². The number of halogens is 1. The molecule has 1 aromatic heterocycles. The van der Waals surface area contributed by atoms with Gasteiger partial charge in [-0.1, -0.05) is 12.1 Å². The number of methoxy groups -OCH3 is 1. The summed E-state index contributed by atoms with van der Waals surface area (Å²) in [6.07, 6.45) is 0. The molecule has 0 saturated carbocycles. The number of hydrogen-bond donors (Lipinski definition) is 2. The zero-order valence-corrected chi connectivity index (χ0v) is 17.0. The molecule has 0 aliphatic carbocycles. The maximum atomic E-state index is 12.1. The van der Waals surface area contributed by atoms with Crippen molar-refractivity contribution in [3.05, 3.63) is 40.5 Å². The second-order valence-corrected chi connectivity index (χ2v) is 6.96. The molecule has 0 radical (unpaired) electrons. The molecule has 0 spiro atoms. The first kappa shape index (κ1) is 21.4. The molecule has 2 rings (SSSR count). The standard InChI is InChI=1S/C15H15BrN4O7S/c1-3-26-13(21)9-6-4-5-7-10(9)27-28(23,24)20-15(22)19-14-17-11(16)8-12(18-14)25-2/h4-8H,3H2,1-2H3,(H2,17,18,19,20,22). The highest BCUT2D eigenvalue weighted by Gasteiger charge is 2.22. The van der Waals surface area contributed by atoms with Crippen LogP contribution >= 0.6 is 15.9 Å². The summed E-state index contributed by atoms with van der Waals surface area (Å²) in [4.78, 5) is 31.5. The number of carbonyl (C=O) groups is 2. The van der Waals surface area contributed by atoms with Crippen molar-refractivity contribution in [3.8, 4) is 11.6 Å². The second-order valence-electron chi connectivity index (χ2n) is 4.87. The van der Waals surface area contributed by atoms with Gasteiger partial charge in [-0.25, -0.2) is 19.3 Å². The van der Waals surface area contributed by atoms with Crippen LogP contribution in [0.1, 0.15) is 17.3 Å². The van der Waals surface area contributed by atoms with Crippen LogP contribution in [0.4, 0.5) is 10.7 Å². The Morgan fingerprint density at radius 1 is 1.21 bits per heavy atom. The lowest BCUT2D eigenvalue weighted by Crippen LogP contribution is -2.37. The molecule has 0 aliphatic heterocycles. The van der Waals surface area contributed by atoms with Crippen molar-refractivity contribution in [2.75, 3.05) is 19.0 Å². The predicted octanol–water partition coefficient (Wildman–Crippen LogP) is 1.87. The van der Waals surface area contributed by atoms with Gasteiger partial charge in [0.1, 0.15) is 10.2 Å². The van der Waals surface area contributed by atoms with E-state index in [9.17, 15) is 18.0 Å². The Kier molecular flexibility index (Phi) is 7.12. The van der Waals surface area contributed by atoms with Crippen LogP contribution in [0.25, 0.3) is 0 Å². The number of anilines is 1. The van der Waals surface area contributed by atoms with Crippen molar-refractivity contribution >= 4 is 44.2 Å². The third-order valence-corrected chi connectivity index (χ3v) is 4.15. The number of benzene rings is 1. The van der Waals surface area contributed by atoms with Gasteiger partial charge in [0.05, 0.1) is 13.7 Å². The minimum absolute atomic E-state index is 0.0939. The summed E-state index contributed by atoms with van der Waals surface area (Å²) in [7, 11) is -3.26. The van der Waals surface area contributed by atoms with E-state index in [-0.39, 0.29) is 29.7 Å². The Hall–Kier alpha value is -2.93. The van der Waals surface area contributed by atoms with Gasteiger partial charge in [-0.05, 0) is 35.0 Å². The third-order valence-electron chi connectivity index (χ3n) is 2.91. The van der Waals surface area contributed by atoms with Crippen molar-refractivity contribution < 1.29 is 31.7 Å². The molecule has 2 N–H and O–H groups in total. The Morgan fingerprint density at radius 3 is 2.61 bits per heavy atom. The number of hydrogen-bond acceptors (Lipinski definition) is 9. The van der Waals surface area contributed by atoms with Crippen LogP contribution in [0.2, 0.25) is 0 Å². The first-order chi connectivity index (χ1) is 13.2. The van der Waals surface area contributed by atoms with Crippen molar-refractivity contribution in [1.82, 2.24) is 14.7 Å². The summed E-state index contributed by atoms with van der Waals surface area (Å²) >= 11 is 3.09. The minimum atomic E-state index is -4.62. The average Bonchev–Trinajstić information content (AvgIpc) is 2.60. The summed E-state index contributed by atoms with van der Waals surface area (Å²) in [5.41, 5.74) is -0.116. The molecule has 13 heteroatoms. The lowest BCUT2D eigenvalue weighted by Gasteiger charge is -2.11. The molecular weight excluding hydrogens is 460 g/mol. The number of nitrogens with one attached hydrogen (secondary N) is 2. The summed E-state index contributed by atoms with van der Waals surface area (Å²) in [5.74, 6) is -1.15. The smallest absolute Gasteiger partial charge is 0.411 e. The maximum absolute atomic E-state index is 12.1. The minimum Gasteiger partial charge on any atom is -0.481 e.